The maximum atomic E-state index is 12.9. The molecule has 5 nitrogen and oxygen atoms in total. The van der Waals surface area contributed by atoms with Gasteiger partial charge in [0.15, 0.2) is 0 Å². The van der Waals surface area contributed by atoms with Crippen LogP contribution in [0.3, 0.4) is 0 Å². The number of aliphatic imine (C=N–C) groups is 1. The molecule has 0 amide bonds. The number of aliphatic hydroxyl groups is 1. The Hall–Kier alpha value is -1.37. The molecule has 2 heterocycles. The summed E-state index contributed by atoms with van der Waals surface area (Å²) in [4.78, 5) is 5.46. The van der Waals surface area contributed by atoms with Gasteiger partial charge in [-0.15, -0.1) is 0 Å². The molecule has 7 heteroatoms. The van der Waals surface area contributed by atoms with Gasteiger partial charge >= 0.3 is 0 Å². The van der Waals surface area contributed by atoms with Crippen LogP contribution in [0.15, 0.2) is 16.9 Å². The van der Waals surface area contributed by atoms with Gasteiger partial charge in [-0.05, 0) is 0 Å². The number of rotatable bonds is 1. The monoisotopic (exact) mass is 232 g/mol. The summed E-state index contributed by atoms with van der Waals surface area (Å²) < 4.78 is 25.9. The standard InChI is InChI=1S/C9H14F2N4O/c10-9(11)1-3-15(4-2-9)6-5-13-8(16)14-7(6)12/h5,8,13,16H,1-4H2,(H2,12,14). The van der Waals surface area contributed by atoms with Gasteiger partial charge in [0, 0.05) is 32.1 Å². The van der Waals surface area contributed by atoms with Gasteiger partial charge in [-0.25, -0.2) is 13.8 Å². The summed E-state index contributed by atoms with van der Waals surface area (Å²) in [6.07, 6.45) is 0.103. The SMILES string of the molecule is NC1=NC(O)NC=C1N1CCC(F)(F)CC1. The molecule has 0 aromatic heterocycles. The molecule has 0 saturated carbocycles. The summed E-state index contributed by atoms with van der Waals surface area (Å²) in [6.45, 7) is 0.486. The first-order chi connectivity index (χ1) is 7.48. The van der Waals surface area contributed by atoms with Crippen LogP contribution in [0.1, 0.15) is 12.8 Å². The molecule has 1 atom stereocenters. The number of piperidine rings is 1. The van der Waals surface area contributed by atoms with E-state index in [4.69, 9.17) is 10.8 Å². The molecule has 16 heavy (non-hydrogen) atoms. The molecule has 90 valence electrons. The van der Waals surface area contributed by atoms with Crippen LogP contribution >= 0.6 is 0 Å². The maximum Gasteiger partial charge on any atom is 0.251 e. The molecule has 1 unspecified atom stereocenters. The first kappa shape index (κ1) is 11.1. The molecule has 2 aliphatic heterocycles. The zero-order valence-electron chi connectivity index (χ0n) is 8.66. The topological polar surface area (TPSA) is 73.9 Å². The van der Waals surface area contributed by atoms with E-state index in [-0.39, 0.29) is 31.8 Å². The van der Waals surface area contributed by atoms with Crippen LogP contribution in [-0.2, 0) is 0 Å². The molecule has 0 spiro atoms. The van der Waals surface area contributed by atoms with Crippen molar-refractivity contribution in [1.82, 2.24) is 10.2 Å². The highest BCUT2D eigenvalue weighted by Crippen LogP contribution is 2.29. The number of likely N-dealkylation sites (tertiary alicyclic amines) is 1. The van der Waals surface area contributed by atoms with Crippen LogP contribution in [0.5, 0.6) is 0 Å². The second kappa shape index (κ2) is 3.89. The van der Waals surface area contributed by atoms with Gasteiger partial charge in [-0.3, -0.25) is 0 Å². The van der Waals surface area contributed by atoms with E-state index >= 15 is 0 Å². The van der Waals surface area contributed by atoms with Crippen LogP contribution in [0, 0.1) is 0 Å². The number of halogens is 2. The minimum Gasteiger partial charge on any atom is -0.382 e. The molecule has 1 saturated heterocycles. The summed E-state index contributed by atoms with van der Waals surface area (Å²) in [7, 11) is 0. The Morgan fingerprint density at radius 1 is 1.50 bits per heavy atom. The lowest BCUT2D eigenvalue weighted by Crippen LogP contribution is -2.45. The second-order valence-corrected chi connectivity index (χ2v) is 3.93. The zero-order chi connectivity index (χ0) is 11.8. The molecular formula is C9H14F2N4O. The molecule has 2 rings (SSSR count). The van der Waals surface area contributed by atoms with Crippen molar-refractivity contribution in [2.75, 3.05) is 13.1 Å². The summed E-state index contributed by atoms with van der Waals surface area (Å²) in [6, 6.07) is 0. The number of nitrogens with two attached hydrogens (primary N) is 1. The molecule has 4 N–H and O–H groups in total. The van der Waals surface area contributed by atoms with Crippen molar-refractivity contribution < 1.29 is 13.9 Å². The van der Waals surface area contributed by atoms with Gasteiger partial charge in [-0.2, -0.15) is 0 Å². The van der Waals surface area contributed by atoms with Crippen LogP contribution in [0.4, 0.5) is 8.78 Å². The molecule has 0 aromatic rings. The van der Waals surface area contributed by atoms with Crippen molar-refractivity contribution in [2.24, 2.45) is 10.7 Å². The highest BCUT2D eigenvalue weighted by molar-refractivity contribution is 5.96. The van der Waals surface area contributed by atoms with Crippen LogP contribution in [-0.4, -0.2) is 41.2 Å². The maximum absolute atomic E-state index is 12.9. The minimum atomic E-state index is -2.58. The lowest BCUT2D eigenvalue weighted by molar-refractivity contribution is -0.0482. The highest BCUT2D eigenvalue weighted by Gasteiger charge is 2.35. The van der Waals surface area contributed by atoms with Crippen molar-refractivity contribution in [1.29, 1.82) is 0 Å². The average molecular weight is 232 g/mol. The third-order valence-electron chi connectivity index (χ3n) is 2.73. The molecule has 2 aliphatic rings. The predicted molar refractivity (Wildman–Crippen MR) is 54.6 cm³/mol. The number of aliphatic hydroxyl groups excluding tert-OH is 1. The Labute approximate surface area is 91.6 Å². The highest BCUT2D eigenvalue weighted by atomic mass is 19.3. The van der Waals surface area contributed by atoms with E-state index in [0.29, 0.717) is 5.70 Å². The Morgan fingerprint density at radius 3 is 2.69 bits per heavy atom. The van der Waals surface area contributed by atoms with Gasteiger partial charge in [0.2, 0.25) is 6.35 Å². The number of nitrogens with zero attached hydrogens (tertiary/aromatic N) is 2. The van der Waals surface area contributed by atoms with E-state index in [9.17, 15) is 8.78 Å². The van der Waals surface area contributed by atoms with Gasteiger partial charge in [0.25, 0.3) is 5.92 Å². The van der Waals surface area contributed by atoms with E-state index in [1.54, 1.807) is 4.90 Å². The largest absolute Gasteiger partial charge is 0.382 e. The number of hydrogen-bond donors (Lipinski definition) is 3. The van der Waals surface area contributed by atoms with Crippen molar-refractivity contribution in [2.45, 2.75) is 25.1 Å². The summed E-state index contributed by atoms with van der Waals surface area (Å²) in [5, 5.41) is 11.7. The van der Waals surface area contributed by atoms with Crippen molar-refractivity contribution in [3.8, 4) is 0 Å². The lowest BCUT2D eigenvalue weighted by atomic mass is 10.1. The number of amidine groups is 1. The Bertz CT molecular complexity index is 332. The Morgan fingerprint density at radius 2 is 2.12 bits per heavy atom. The summed E-state index contributed by atoms with van der Waals surface area (Å²) in [5.41, 5.74) is 6.19. The fraction of sp³-hybridized carbons (Fsp3) is 0.667. The summed E-state index contributed by atoms with van der Waals surface area (Å²) >= 11 is 0. The normalized spacial score (nSPS) is 29.2. The zero-order valence-corrected chi connectivity index (χ0v) is 8.66. The van der Waals surface area contributed by atoms with Crippen LogP contribution < -0.4 is 11.1 Å². The quantitative estimate of drug-likeness (QED) is 0.585. The van der Waals surface area contributed by atoms with Gasteiger partial charge in [0.05, 0.1) is 5.70 Å². The molecule has 0 bridgehead atoms. The van der Waals surface area contributed by atoms with Crippen molar-refractivity contribution in [3.63, 3.8) is 0 Å². The second-order valence-electron chi connectivity index (χ2n) is 3.93. The number of alkyl halides is 2. The third-order valence-corrected chi connectivity index (χ3v) is 2.73. The molecule has 0 radical (unpaired) electrons. The van der Waals surface area contributed by atoms with E-state index in [1.807, 2.05) is 0 Å². The number of nitrogens with one attached hydrogen (secondary N) is 1. The number of hydrogen-bond acceptors (Lipinski definition) is 5. The van der Waals surface area contributed by atoms with Gasteiger partial charge < -0.3 is 21.1 Å². The van der Waals surface area contributed by atoms with E-state index < -0.39 is 12.3 Å². The van der Waals surface area contributed by atoms with Crippen LogP contribution in [0.2, 0.25) is 0 Å². The first-order valence-electron chi connectivity index (χ1n) is 5.09. The third kappa shape index (κ3) is 2.24. The van der Waals surface area contributed by atoms with Gasteiger partial charge in [0.1, 0.15) is 5.84 Å². The molecule has 0 aromatic carbocycles. The Kier molecular flexibility index (Phi) is 2.71. The van der Waals surface area contributed by atoms with Gasteiger partial charge in [-0.1, -0.05) is 0 Å². The van der Waals surface area contributed by atoms with E-state index in [2.05, 4.69) is 10.3 Å². The van der Waals surface area contributed by atoms with Crippen molar-refractivity contribution >= 4 is 5.84 Å². The first-order valence-corrected chi connectivity index (χ1v) is 5.09. The van der Waals surface area contributed by atoms with Crippen LogP contribution in [0.25, 0.3) is 0 Å². The fourth-order valence-electron chi connectivity index (χ4n) is 1.79. The lowest BCUT2D eigenvalue weighted by Gasteiger charge is -2.35. The molecular weight excluding hydrogens is 218 g/mol. The predicted octanol–water partition coefficient (Wildman–Crippen LogP) is -0.205. The van der Waals surface area contributed by atoms with E-state index in [1.165, 1.54) is 6.20 Å². The fourth-order valence-corrected chi connectivity index (χ4v) is 1.79. The smallest absolute Gasteiger partial charge is 0.251 e. The van der Waals surface area contributed by atoms with Crippen molar-refractivity contribution in [3.05, 3.63) is 11.9 Å². The molecule has 1 fully saturated rings. The molecule has 0 aliphatic carbocycles. The average Bonchev–Trinajstić information content (AvgIpc) is 2.19. The summed E-state index contributed by atoms with van der Waals surface area (Å²) in [5.74, 6) is -2.40. The minimum absolute atomic E-state index is 0.177. The Balaban J connectivity index is 2.03. The van der Waals surface area contributed by atoms with E-state index in [0.717, 1.165) is 0 Å².